The van der Waals surface area contributed by atoms with Crippen molar-refractivity contribution in [3.8, 4) is 0 Å². The van der Waals surface area contributed by atoms with Crippen molar-refractivity contribution in [2.24, 2.45) is 0 Å². The highest BCUT2D eigenvalue weighted by molar-refractivity contribution is 8.01. The van der Waals surface area contributed by atoms with Crippen LogP contribution in [0, 0.1) is 6.92 Å². The Morgan fingerprint density at radius 1 is 1.53 bits per heavy atom. The summed E-state index contributed by atoms with van der Waals surface area (Å²) in [5.74, 6) is 1.96. The summed E-state index contributed by atoms with van der Waals surface area (Å²) in [4.78, 5) is 0. The first-order valence-electron chi connectivity index (χ1n) is 5.45. The molecule has 0 aliphatic carbocycles. The number of nitrogens with zero attached hydrogens (tertiary/aromatic N) is 2. The molecule has 0 aliphatic heterocycles. The Kier molecular flexibility index (Phi) is 4.58. The molecule has 0 saturated carbocycles. The Hall–Kier alpha value is -0.850. The van der Waals surface area contributed by atoms with Crippen LogP contribution in [0.15, 0.2) is 27.2 Å². The van der Waals surface area contributed by atoms with E-state index in [4.69, 9.17) is 4.42 Å². The third-order valence-electron chi connectivity index (χ3n) is 2.26. The first kappa shape index (κ1) is 12.6. The molecule has 2 aromatic heterocycles. The molecule has 4 nitrogen and oxygen atoms in total. The van der Waals surface area contributed by atoms with Crippen molar-refractivity contribution in [2.45, 2.75) is 24.2 Å². The average molecular weight is 269 g/mol. The highest BCUT2D eigenvalue weighted by Gasteiger charge is 2.07. The van der Waals surface area contributed by atoms with Crippen molar-refractivity contribution >= 4 is 23.1 Å². The van der Waals surface area contributed by atoms with E-state index in [-0.39, 0.29) is 6.04 Å². The number of aromatic nitrogens is 2. The smallest absolute Gasteiger partial charge is 0.174 e. The molecule has 2 heterocycles. The van der Waals surface area contributed by atoms with Gasteiger partial charge in [0.2, 0.25) is 0 Å². The van der Waals surface area contributed by atoms with E-state index < -0.39 is 0 Å². The lowest BCUT2D eigenvalue weighted by molar-refractivity contribution is 0.438. The van der Waals surface area contributed by atoms with E-state index >= 15 is 0 Å². The predicted molar refractivity (Wildman–Crippen MR) is 70.5 cm³/mol. The van der Waals surface area contributed by atoms with Crippen LogP contribution in [-0.2, 0) is 0 Å². The molecule has 1 unspecified atom stereocenters. The lowest BCUT2D eigenvalue weighted by atomic mass is 10.2. The fourth-order valence-corrected chi connectivity index (χ4v) is 3.15. The van der Waals surface area contributed by atoms with Crippen molar-refractivity contribution in [1.82, 2.24) is 15.5 Å². The van der Waals surface area contributed by atoms with E-state index in [0.717, 1.165) is 27.4 Å². The maximum atomic E-state index is 5.32. The molecule has 2 rings (SSSR count). The van der Waals surface area contributed by atoms with Gasteiger partial charge in [-0.2, -0.15) is 0 Å². The Morgan fingerprint density at radius 2 is 2.41 bits per heavy atom. The number of rotatable bonds is 6. The molecule has 0 saturated heterocycles. The van der Waals surface area contributed by atoms with Gasteiger partial charge in [-0.15, -0.1) is 10.2 Å². The summed E-state index contributed by atoms with van der Waals surface area (Å²) < 4.78 is 6.36. The zero-order valence-electron chi connectivity index (χ0n) is 9.84. The minimum Gasteiger partial charge on any atom is -0.468 e. The van der Waals surface area contributed by atoms with E-state index in [1.165, 1.54) is 0 Å². The summed E-state index contributed by atoms with van der Waals surface area (Å²) in [5.41, 5.74) is 0. The van der Waals surface area contributed by atoms with E-state index in [1.807, 2.05) is 19.1 Å². The lowest BCUT2D eigenvalue weighted by Crippen LogP contribution is -2.20. The second-order valence-corrected chi connectivity index (χ2v) is 6.15. The van der Waals surface area contributed by atoms with Gasteiger partial charge in [-0.3, -0.25) is 0 Å². The molecule has 0 amide bonds. The molecule has 1 atom stereocenters. The number of hydrogen-bond acceptors (Lipinski definition) is 6. The summed E-state index contributed by atoms with van der Waals surface area (Å²) in [6, 6.07) is 4.15. The van der Waals surface area contributed by atoms with Crippen LogP contribution in [0.1, 0.15) is 23.7 Å². The van der Waals surface area contributed by atoms with E-state index in [1.54, 1.807) is 29.4 Å². The van der Waals surface area contributed by atoms with Crippen LogP contribution in [0.3, 0.4) is 0 Å². The van der Waals surface area contributed by atoms with Crippen LogP contribution in [0.2, 0.25) is 0 Å². The average Bonchev–Trinajstić information content (AvgIpc) is 2.95. The second-order valence-electron chi connectivity index (χ2n) is 3.63. The van der Waals surface area contributed by atoms with Crippen molar-refractivity contribution in [1.29, 1.82) is 0 Å². The Labute approximate surface area is 109 Å². The van der Waals surface area contributed by atoms with E-state index in [9.17, 15) is 0 Å². The van der Waals surface area contributed by atoms with E-state index in [2.05, 4.69) is 22.4 Å². The molecule has 1 N–H and O–H groups in total. The van der Waals surface area contributed by atoms with Gasteiger partial charge in [0.25, 0.3) is 0 Å². The summed E-state index contributed by atoms with van der Waals surface area (Å²) >= 11 is 3.37. The van der Waals surface area contributed by atoms with Gasteiger partial charge in [-0.25, -0.2) is 0 Å². The van der Waals surface area contributed by atoms with Gasteiger partial charge in [-0.05, 0) is 26.0 Å². The van der Waals surface area contributed by atoms with Crippen LogP contribution in [0.5, 0.6) is 0 Å². The maximum absolute atomic E-state index is 5.32. The predicted octanol–water partition coefficient (Wildman–Crippen LogP) is 2.88. The molecule has 2 aromatic rings. The number of hydrogen-bond donors (Lipinski definition) is 1. The molecule has 6 heteroatoms. The number of furan rings is 1. The van der Waals surface area contributed by atoms with Crippen molar-refractivity contribution < 1.29 is 4.42 Å². The summed E-state index contributed by atoms with van der Waals surface area (Å²) in [6.45, 7) is 4.99. The minimum absolute atomic E-state index is 0.252. The number of aryl methyl sites for hydroxylation is 1. The quantitative estimate of drug-likeness (QED) is 0.645. The maximum Gasteiger partial charge on any atom is 0.174 e. The van der Waals surface area contributed by atoms with Gasteiger partial charge in [-0.1, -0.05) is 23.1 Å². The molecule has 0 aliphatic rings. The molecule has 17 heavy (non-hydrogen) atoms. The summed E-state index contributed by atoms with van der Waals surface area (Å²) in [5, 5.41) is 12.5. The fourth-order valence-electron chi connectivity index (χ4n) is 1.39. The van der Waals surface area contributed by atoms with Crippen molar-refractivity contribution in [3.63, 3.8) is 0 Å². The summed E-state index contributed by atoms with van der Waals surface area (Å²) in [7, 11) is 0. The molecular formula is C11H15N3OS2. The highest BCUT2D eigenvalue weighted by atomic mass is 32.2. The third-order valence-corrected chi connectivity index (χ3v) is 4.23. The number of thioether (sulfide) groups is 1. The molecule has 0 radical (unpaired) electrons. The SMILES string of the molecule is Cc1nnc(SCCNC(C)c2ccco2)s1. The monoisotopic (exact) mass is 269 g/mol. The Morgan fingerprint density at radius 3 is 3.06 bits per heavy atom. The van der Waals surface area contributed by atoms with Crippen molar-refractivity contribution in [2.75, 3.05) is 12.3 Å². The van der Waals surface area contributed by atoms with Crippen LogP contribution in [-0.4, -0.2) is 22.5 Å². The zero-order chi connectivity index (χ0) is 12.1. The van der Waals surface area contributed by atoms with Crippen LogP contribution >= 0.6 is 23.1 Å². The number of nitrogens with one attached hydrogen (secondary N) is 1. The molecular weight excluding hydrogens is 254 g/mol. The first-order chi connectivity index (χ1) is 8.25. The molecule has 0 aromatic carbocycles. The summed E-state index contributed by atoms with van der Waals surface area (Å²) in [6.07, 6.45) is 1.70. The molecule has 92 valence electrons. The Bertz CT molecular complexity index is 441. The first-order valence-corrected chi connectivity index (χ1v) is 7.25. The molecule has 0 bridgehead atoms. The Balaban J connectivity index is 1.66. The topological polar surface area (TPSA) is 51.0 Å². The van der Waals surface area contributed by atoms with Crippen molar-refractivity contribution in [3.05, 3.63) is 29.2 Å². The van der Waals surface area contributed by atoms with Gasteiger partial charge >= 0.3 is 0 Å². The van der Waals surface area contributed by atoms with Crippen LogP contribution in [0.25, 0.3) is 0 Å². The third kappa shape index (κ3) is 3.83. The molecule has 0 fully saturated rings. The van der Waals surface area contributed by atoms with Gasteiger partial charge in [0.15, 0.2) is 4.34 Å². The molecule has 0 spiro atoms. The van der Waals surface area contributed by atoms with E-state index in [0.29, 0.717) is 0 Å². The van der Waals surface area contributed by atoms with Gasteiger partial charge in [0.1, 0.15) is 10.8 Å². The van der Waals surface area contributed by atoms with Crippen LogP contribution < -0.4 is 5.32 Å². The van der Waals surface area contributed by atoms with Crippen LogP contribution in [0.4, 0.5) is 0 Å². The minimum atomic E-state index is 0.252. The lowest BCUT2D eigenvalue weighted by Gasteiger charge is -2.09. The van der Waals surface area contributed by atoms with Gasteiger partial charge in [0.05, 0.1) is 12.3 Å². The second kappa shape index (κ2) is 6.18. The van der Waals surface area contributed by atoms with Gasteiger partial charge < -0.3 is 9.73 Å². The fraction of sp³-hybridized carbons (Fsp3) is 0.455. The largest absolute Gasteiger partial charge is 0.468 e. The normalized spacial score (nSPS) is 12.8. The highest BCUT2D eigenvalue weighted by Crippen LogP contribution is 2.21. The van der Waals surface area contributed by atoms with Gasteiger partial charge in [0, 0.05) is 12.3 Å². The standard InChI is InChI=1S/C11H15N3OS2/c1-8(10-4-3-6-15-10)12-5-7-16-11-14-13-9(2)17-11/h3-4,6,8,12H,5,7H2,1-2H3. The zero-order valence-corrected chi connectivity index (χ0v) is 11.5.